The second-order valence-electron chi connectivity index (χ2n) is 7.35. The minimum Gasteiger partial charge on any atom is -0.356 e. The van der Waals surface area contributed by atoms with Crippen LogP contribution in [0.3, 0.4) is 0 Å². The summed E-state index contributed by atoms with van der Waals surface area (Å²) in [7, 11) is 0. The monoisotopic (exact) mass is 351 g/mol. The maximum absolute atomic E-state index is 4.53. The summed E-state index contributed by atoms with van der Waals surface area (Å²) in [6.45, 7) is 7.81. The zero-order valence-corrected chi connectivity index (χ0v) is 15.6. The number of aromatic nitrogens is 2. The molecule has 0 unspecified atom stereocenters. The zero-order chi connectivity index (χ0) is 17.6. The Balaban J connectivity index is 1.25. The second kappa shape index (κ2) is 8.49. The molecule has 1 aromatic heterocycles. The molecule has 0 spiro atoms. The maximum Gasteiger partial charge on any atom is 0.134 e. The van der Waals surface area contributed by atoms with Gasteiger partial charge in [-0.3, -0.25) is 4.90 Å². The summed E-state index contributed by atoms with van der Waals surface area (Å²) in [4.78, 5) is 16.4. The third-order valence-electron chi connectivity index (χ3n) is 5.55. The second-order valence-corrected chi connectivity index (χ2v) is 7.35. The lowest BCUT2D eigenvalue weighted by molar-refractivity contribution is 0.254. The summed E-state index contributed by atoms with van der Waals surface area (Å²) in [6.07, 6.45) is 6.69. The minimum absolute atomic E-state index is 1.06. The number of anilines is 2. The van der Waals surface area contributed by atoms with Crippen molar-refractivity contribution in [2.75, 3.05) is 55.6 Å². The number of aryl methyl sites for hydroxylation is 1. The Morgan fingerprint density at radius 1 is 0.769 bits per heavy atom. The van der Waals surface area contributed by atoms with Crippen LogP contribution in [0.2, 0.25) is 0 Å². The Hall–Kier alpha value is -2.14. The molecule has 0 saturated carbocycles. The van der Waals surface area contributed by atoms with E-state index in [0.717, 1.165) is 50.9 Å². The average Bonchev–Trinajstić information content (AvgIpc) is 3.24. The summed E-state index contributed by atoms with van der Waals surface area (Å²) in [6, 6.07) is 13.0. The standard InChI is InChI=1S/C21H29N5/c1-2-7-19(8-3-1)9-6-10-24-13-15-26(16-14-24)21-17-20(22-18-23-21)25-11-4-5-12-25/h1-3,7-8,17-18H,4-6,9-16H2. The number of nitrogens with zero attached hydrogens (tertiary/aromatic N) is 5. The number of piperazine rings is 1. The van der Waals surface area contributed by atoms with E-state index in [1.807, 2.05) is 0 Å². The van der Waals surface area contributed by atoms with Gasteiger partial charge in [0.2, 0.25) is 0 Å². The van der Waals surface area contributed by atoms with Crippen molar-refractivity contribution in [3.8, 4) is 0 Å². The molecule has 26 heavy (non-hydrogen) atoms. The summed E-state index contributed by atoms with van der Waals surface area (Å²) in [5, 5.41) is 0. The van der Waals surface area contributed by atoms with E-state index >= 15 is 0 Å². The lowest BCUT2D eigenvalue weighted by Crippen LogP contribution is -2.47. The number of hydrogen-bond acceptors (Lipinski definition) is 5. The molecule has 0 bridgehead atoms. The number of hydrogen-bond donors (Lipinski definition) is 0. The topological polar surface area (TPSA) is 35.5 Å². The first-order valence-electron chi connectivity index (χ1n) is 9.97. The Morgan fingerprint density at radius 2 is 1.42 bits per heavy atom. The first-order chi connectivity index (χ1) is 12.9. The SMILES string of the molecule is c1ccc(CCCN2CCN(c3cc(N4CCCC4)ncn3)CC2)cc1. The maximum atomic E-state index is 4.53. The Kier molecular flexibility index (Phi) is 5.65. The normalized spacial score (nSPS) is 18.5. The fourth-order valence-corrected chi connectivity index (χ4v) is 3.98. The summed E-state index contributed by atoms with van der Waals surface area (Å²) in [5.41, 5.74) is 1.45. The van der Waals surface area contributed by atoms with E-state index in [1.165, 1.54) is 37.8 Å². The van der Waals surface area contributed by atoms with Crippen molar-refractivity contribution in [2.24, 2.45) is 0 Å². The van der Waals surface area contributed by atoms with E-state index in [2.05, 4.69) is 61.1 Å². The van der Waals surface area contributed by atoms with Gasteiger partial charge in [-0.15, -0.1) is 0 Å². The highest BCUT2D eigenvalue weighted by Gasteiger charge is 2.20. The minimum atomic E-state index is 1.06. The highest BCUT2D eigenvalue weighted by Crippen LogP contribution is 2.22. The van der Waals surface area contributed by atoms with E-state index in [0.29, 0.717) is 0 Å². The molecule has 0 N–H and O–H groups in total. The third kappa shape index (κ3) is 4.33. The van der Waals surface area contributed by atoms with Crippen molar-refractivity contribution in [3.63, 3.8) is 0 Å². The van der Waals surface area contributed by atoms with Gasteiger partial charge < -0.3 is 9.80 Å². The third-order valence-corrected chi connectivity index (χ3v) is 5.55. The molecule has 2 saturated heterocycles. The van der Waals surface area contributed by atoms with Crippen LogP contribution in [-0.2, 0) is 6.42 Å². The fourth-order valence-electron chi connectivity index (χ4n) is 3.98. The Labute approximate surface area is 156 Å². The summed E-state index contributed by atoms with van der Waals surface area (Å²) in [5.74, 6) is 2.18. The quantitative estimate of drug-likeness (QED) is 0.800. The van der Waals surface area contributed by atoms with Crippen LogP contribution in [0.25, 0.3) is 0 Å². The molecule has 2 fully saturated rings. The van der Waals surface area contributed by atoms with E-state index in [9.17, 15) is 0 Å². The van der Waals surface area contributed by atoms with Crippen LogP contribution in [-0.4, -0.2) is 60.7 Å². The van der Waals surface area contributed by atoms with Crippen LogP contribution >= 0.6 is 0 Å². The van der Waals surface area contributed by atoms with E-state index < -0.39 is 0 Å². The van der Waals surface area contributed by atoms with Gasteiger partial charge in [0.25, 0.3) is 0 Å². The molecule has 2 aliphatic heterocycles. The lowest BCUT2D eigenvalue weighted by atomic mass is 10.1. The smallest absolute Gasteiger partial charge is 0.134 e. The van der Waals surface area contributed by atoms with Crippen molar-refractivity contribution in [3.05, 3.63) is 48.3 Å². The van der Waals surface area contributed by atoms with Gasteiger partial charge in [-0.2, -0.15) is 0 Å². The Morgan fingerprint density at radius 3 is 2.12 bits per heavy atom. The molecule has 138 valence electrons. The van der Waals surface area contributed by atoms with Gasteiger partial charge in [0.1, 0.15) is 18.0 Å². The number of rotatable bonds is 6. The lowest BCUT2D eigenvalue weighted by Gasteiger charge is -2.35. The highest BCUT2D eigenvalue weighted by molar-refractivity contribution is 5.50. The van der Waals surface area contributed by atoms with E-state index in [4.69, 9.17) is 0 Å². The molecule has 0 aliphatic carbocycles. The van der Waals surface area contributed by atoms with Crippen molar-refractivity contribution in [1.82, 2.24) is 14.9 Å². The summed E-state index contributed by atoms with van der Waals surface area (Å²) >= 11 is 0. The molecular weight excluding hydrogens is 322 g/mol. The summed E-state index contributed by atoms with van der Waals surface area (Å²) < 4.78 is 0. The molecule has 5 nitrogen and oxygen atoms in total. The van der Waals surface area contributed by atoms with E-state index in [1.54, 1.807) is 6.33 Å². The van der Waals surface area contributed by atoms with Crippen molar-refractivity contribution in [1.29, 1.82) is 0 Å². The zero-order valence-electron chi connectivity index (χ0n) is 15.6. The van der Waals surface area contributed by atoms with Crippen LogP contribution in [0.5, 0.6) is 0 Å². The van der Waals surface area contributed by atoms with Crippen molar-refractivity contribution in [2.45, 2.75) is 25.7 Å². The first-order valence-corrected chi connectivity index (χ1v) is 9.97. The highest BCUT2D eigenvalue weighted by atomic mass is 15.3. The molecule has 0 radical (unpaired) electrons. The van der Waals surface area contributed by atoms with E-state index in [-0.39, 0.29) is 0 Å². The molecule has 0 atom stereocenters. The first kappa shape index (κ1) is 17.3. The fraction of sp³-hybridized carbons (Fsp3) is 0.524. The van der Waals surface area contributed by atoms with Crippen LogP contribution in [0.4, 0.5) is 11.6 Å². The molecule has 1 aromatic carbocycles. The van der Waals surface area contributed by atoms with Gasteiger partial charge in [0.15, 0.2) is 0 Å². The van der Waals surface area contributed by atoms with Crippen LogP contribution < -0.4 is 9.80 Å². The van der Waals surface area contributed by atoms with Gasteiger partial charge >= 0.3 is 0 Å². The number of benzene rings is 1. The van der Waals surface area contributed by atoms with Gasteiger partial charge in [-0.05, 0) is 37.8 Å². The largest absolute Gasteiger partial charge is 0.356 e. The molecule has 2 aromatic rings. The molecule has 4 rings (SSSR count). The molecule has 2 aliphatic rings. The van der Waals surface area contributed by atoms with Crippen LogP contribution in [0.1, 0.15) is 24.8 Å². The predicted molar refractivity (Wildman–Crippen MR) is 107 cm³/mol. The molecular formula is C21H29N5. The predicted octanol–water partition coefficient (Wildman–Crippen LogP) is 2.83. The molecule has 5 heteroatoms. The average molecular weight is 351 g/mol. The van der Waals surface area contributed by atoms with Crippen molar-refractivity contribution >= 4 is 11.6 Å². The van der Waals surface area contributed by atoms with Crippen LogP contribution in [0, 0.1) is 0 Å². The van der Waals surface area contributed by atoms with Crippen molar-refractivity contribution < 1.29 is 0 Å². The van der Waals surface area contributed by atoms with Gasteiger partial charge in [-0.25, -0.2) is 9.97 Å². The molecule has 0 amide bonds. The molecule has 3 heterocycles. The van der Waals surface area contributed by atoms with Gasteiger partial charge in [-0.1, -0.05) is 30.3 Å². The van der Waals surface area contributed by atoms with Gasteiger partial charge in [0.05, 0.1) is 0 Å². The van der Waals surface area contributed by atoms with Crippen LogP contribution in [0.15, 0.2) is 42.7 Å². The van der Waals surface area contributed by atoms with Gasteiger partial charge in [0, 0.05) is 45.3 Å². The Bertz CT molecular complexity index is 676.